The number of carbonyl (C=O) groups is 1. The van der Waals surface area contributed by atoms with E-state index in [4.69, 9.17) is 9.84 Å². The Labute approximate surface area is 73.7 Å². The van der Waals surface area contributed by atoms with Gasteiger partial charge in [-0.1, -0.05) is 20.3 Å². The van der Waals surface area contributed by atoms with Crippen LogP contribution >= 0.6 is 0 Å². The number of hydrogen-bond acceptors (Lipinski definition) is 3. The predicted molar refractivity (Wildman–Crippen MR) is 46.5 cm³/mol. The fourth-order valence-electron chi connectivity index (χ4n) is 0.852. The van der Waals surface area contributed by atoms with Gasteiger partial charge in [-0.15, -0.1) is 0 Å². The zero-order chi connectivity index (χ0) is 9.40. The van der Waals surface area contributed by atoms with Crippen molar-refractivity contribution in [1.82, 2.24) is 0 Å². The van der Waals surface area contributed by atoms with Gasteiger partial charge in [-0.05, 0) is 12.8 Å². The van der Waals surface area contributed by atoms with E-state index in [1.807, 2.05) is 13.8 Å². The van der Waals surface area contributed by atoms with Gasteiger partial charge in [0, 0.05) is 12.8 Å². The molecule has 0 saturated heterocycles. The molecule has 0 aromatic carbocycles. The second kappa shape index (κ2) is 7.10. The molecule has 72 valence electrons. The van der Waals surface area contributed by atoms with Crippen LogP contribution in [0.1, 0.15) is 46.0 Å². The Bertz CT molecular complexity index is 123. The topological polar surface area (TPSA) is 46.5 Å². The Morgan fingerprint density at radius 2 is 2.08 bits per heavy atom. The first-order valence-electron chi connectivity index (χ1n) is 4.58. The largest absolute Gasteiger partial charge is 0.436 e. The molecule has 0 bridgehead atoms. The molecular weight excluding hydrogens is 156 g/mol. The number of unbranched alkanes of at least 4 members (excludes halogenated alkanes) is 1. The summed E-state index contributed by atoms with van der Waals surface area (Å²) in [4.78, 5) is 10.8. The monoisotopic (exact) mass is 174 g/mol. The highest BCUT2D eigenvalue weighted by atomic mass is 16.6. The van der Waals surface area contributed by atoms with Gasteiger partial charge in [0.15, 0.2) is 0 Å². The summed E-state index contributed by atoms with van der Waals surface area (Å²) >= 11 is 0. The van der Waals surface area contributed by atoms with Gasteiger partial charge in [-0.25, -0.2) is 0 Å². The quantitative estimate of drug-likeness (QED) is 0.493. The molecule has 0 amide bonds. The van der Waals surface area contributed by atoms with Crippen LogP contribution < -0.4 is 0 Å². The zero-order valence-corrected chi connectivity index (χ0v) is 7.88. The maximum absolute atomic E-state index is 10.8. The maximum atomic E-state index is 10.8. The SMILES string of the molecule is CCCCC(O)OC(=O)CCC. The van der Waals surface area contributed by atoms with Crippen LogP contribution in [-0.2, 0) is 9.53 Å². The first kappa shape index (κ1) is 11.4. The first-order chi connectivity index (χ1) is 5.70. The van der Waals surface area contributed by atoms with Crippen LogP contribution in [0.2, 0.25) is 0 Å². The summed E-state index contributed by atoms with van der Waals surface area (Å²) in [5, 5.41) is 9.13. The first-order valence-corrected chi connectivity index (χ1v) is 4.58. The molecule has 0 aromatic rings. The molecule has 0 aliphatic rings. The molecular formula is C9H18O3. The zero-order valence-electron chi connectivity index (χ0n) is 7.88. The van der Waals surface area contributed by atoms with Crippen molar-refractivity contribution >= 4 is 5.97 Å². The van der Waals surface area contributed by atoms with E-state index in [9.17, 15) is 4.79 Å². The highest BCUT2D eigenvalue weighted by molar-refractivity contribution is 5.69. The van der Waals surface area contributed by atoms with Gasteiger partial charge >= 0.3 is 5.97 Å². The van der Waals surface area contributed by atoms with Crippen LogP contribution in [-0.4, -0.2) is 17.4 Å². The van der Waals surface area contributed by atoms with Crippen LogP contribution in [0.25, 0.3) is 0 Å². The average Bonchev–Trinajstić information content (AvgIpc) is 2.01. The number of esters is 1. The van der Waals surface area contributed by atoms with Crippen LogP contribution in [0.4, 0.5) is 0 Å². The minimum Gasteiger partial charge on any atom is -0.436 e. The second-order valence-electron chi connectivity index (χ2n) is 2.84. The van der Waals surface area contributed by atoms with Crippen molar-refractivity contribution in [2.45, 2.75) is 52.2 Å². The molecule has 12 heavy (non-hydrogen) atoms. The van der Waals surface area contributed by atoms with E-state index in [1.165, 1.54) is 0 Å². The van der Waals surface area contributed by atoms with Gasteiger partial charge in [0.05, 0.1) is 0 Å². The third kappa shape index (κ3) is 6.16. The van der Waals surface area contributed by atoms with Crippen LogP contribution in [0.3, 0.4) is 0 Å². The van der Waals surface area contributed by atoms with Crippen LogP contribution in [0.15, 0.2) is 0 Å². The summed E-state index contributed by atoms with van der Waals surface area (Å²) in [6, 6.07) is 0. The Morgan fingerprint density at radius 1 is 1.42 bits per heavy atom. The van der Waals surface area contributed by atoms with E-state index in [1.54, 1.807) is 0 Å². The van der Waals surface area contributed by atoms with E-state index in [-0.39, 0.29) is 5.97 Å². The van der Waals surface area contributed by atoms with Gasteiger partial charge in [-0.3, -0.25) is 4.79 Å². The van der Waals surface area contributed by atoms with Gasteiger partial charge in [0.1, 0.15) is 0 Å². The minimum absolute atomic E-state index is 0.305. The molecule has 0 spiro atoms. The number of hydrogen-bond donors (Lipinski definition) is 1. The smallest absolute Gasteiger partial charge is 0.308 e. The summed E-state index contributed by atoms with van der Waals surface area (Å²) in [7, 11) is 0. The molecule has 3 nitrogen and oxygen atoms in total. The van der Waals surface area contributed by atoms with Crippen molar-refractivity contribution in [2.75, 3.05) is 0 Å². The van der Waals surface area contributed by atoms with Crippen molar-refractivity contribution in [2.24, 2.45) is 0 Å². The van der Waals surface area contributed by atoms with E-state index in [2.05, 4.69) is 0 Å². The molecule has 3 heteroatoms. The van der Waals surface area contributed by atoms with Gasteiger partial charge < -0.3 is 9.84 Å². The normalized spacial score (nSPS) is 12.6. The number of rotatable bonds is 6. The number of ether oxygens (including phenoxy) is 1. The Kier molecular flexibility index (Phi) is 6.76. The lowest BCUT2D eigenvalue weighted by atomic mass is 10.2. The van der Waals surface area contributed by atoms with Crippen molar-refractivity contribution < 1.29 is 14.6 Å². The summed E-state index contributed by atoms with van der Waals surface area (Å²) in [5.41, 5.74) is 0. The number of aliphatic hydroxyl groups excluding tert-OH is 1. The summed E-state index contributed by atoms with van der Waals surface area (Å²) in [6.07, 6.45) is 2.70. The Hall–Kier alpha value is -0.570. The lowest BCUT2D eigenvalue weighted by molar-refractivity contribution is -0.168. The maximum Gasteiger partial charge on any atom is 0.308 e. The molecule has 1 unspecified atom stereocenters. The highest BCUT2D eigenvalue weighted by Gasteiger charge is 2.08. The molecule has 0 aliphatic heterocycles. The van der Waals surface area contributed by atoms with Crippen LogP contribution in [0, 0.1) is 0 Å². The molecule has 1 atom stereocenters. The fraction of sp³-hybridized carbons (Fsp3) is 0.889. The standard InChI is InChI=1S/C9H18O3/c1-3-5-7-9(11)12-8(10)6-4-2/h9,11H,3-7H2,1-2H3. The fourth-order valence-corrected chi connectivity index (χ4v) is 0.852. The molecule has 0 fully saturated rings. The average molecular weight is 174 g/mol. The van der Waals surface area contributed by atoms with Gasteiger partial charge in [0.2, 0.25) is 6.29 Å². The summed E-state index contributed by atoms with van der Waals surface area (Å²) in [6.45, 7) is 3.93. The molecule has 0 aliphatic carbocycles. The van der Waals surface area contributed by atoms with Gasteiger partial charge in [0.25, 0.3) is 0 Å². The lowest BCUT2D eigenvalue weighted by Gasteiger charge is -2.10. The molecule has 0 aromatic heterocycles. The highest BCUT2D eigenvalue weighted by Crippen LogP contribution is 2.03. The summed E-state index contributed by atoms with van der Waals surface area (Å²) in [5.74, 6) is -0.305. The molecule has 1 N–H and O–H groups in total. The van der Waals surface area contributed by atoms with Crippen molar-refractivity contribution in [3.63, 3.8) is 0 Å². The molecule has 0 heterocycles. The third-order valence-corrected chi connectivity index (χ3v) is 1.53. The second-order valence-corrected chi connectivity index (χ2v) is 2.84. The molecule has 0 radical (unpaired) electrons. The Morgan fingerprint density at radius 3 is 2.58 bits per heavy atom. The van der Waals surface area contributed by atoms with E-state index in [0.29, 0.717) is 12.8 Å². The van der Waals surface area contributed by atoms with E-state index >= 15 is 0 Å². The van der Waals surface area contributed by atoms with Gasteiger partial charge in [-0.2, -0.15) is 0 Å². The minimum atomic E-state index is -0.899. The van der Waals surface area contributed by atoms with Crippen molar-refractivity contribution in [1.29, 1.82) is 0 Å². The predicted octanol–water partition coefficient (Wildman–Crippen LogP) is 1.84. The number of aliphatic hydroxyl groups is 1. The summed E-state index contributed by atoms with van der Waals surface area (Å²) < 4.78 is 4.71. The molecule has 0 rings (SSSR count). The van der Waals surface area contributed by atoms with E-state index < -0.39 is 6.29 Å². The van der Waals surface area contributed by atoms with Crippen molar-refractivity contribution in [3.8, 4) is 0 Å². The van der Waals surface area contributed by atoms with E-state index in [0.717, 1.165) is 19.3 Å². The third-order valence-electron chi connectivity index (χ3n) is 1.53. The lowest BCUT2D eigenvalue weighted by Crippen LogP contribution is -2.16. The van der Waals surface area contributed by atoms with Crippen molar-refractivity contribution in [3.05, 3.63) is 0 Å². The molecule has 0 saturated carbocycles. The number of carbonyl (C=O) groups excluding carboxylic acids is 1. The Balaban J connectivity index is 3.40. The van der Waals surface area contributed by atoms with Crippen LogP contribution in [0.5, 0.6) is 0 Å².